The zero-order valence-electron chi connectivity index (χ0n) is 10.0. The minimum Gasteiger partial charge on any atom is -0.206 e. The highest BCUT2D eigenvalue weighted by atomic mass is 79.9. The summed E-state index contributed by atoms with van der Waals surface area (Å²) in [4.78, 5) is 0. The maximum absolute atomic E-state index is 13.5. The summed E-state index contributed by atoms with van der Waals surface area (Å²) in [6.07, 6.45) is 0.644. The summed E-state index contributed by atoms with van der Waals surface area (Å²) < 4.78 is 14.0. The molecule has 0 aliphatic carbocycles. The molecule has 19 heavy (non-hydrogen) atoms. The average molecular weight is 362 g/mol. The number of hydrogen-bond acceptors (Lipinski definition) is 0. The van der Waals surface area contributed by atoms with Crippen molar-refractivity contribution in [3.8, 4) is 0 Å². The molecule has 2 rings (SSSR count). The Morgan fingerprint density at radius 1 is 1.11 bits per heavy atom. The first-order chi connectivity index (χ1) is 9.13. The van der Waals surface area contributed by atoms with Gasteiger partial charge in [0.2, 0.25) is 0 Å². The van der Waals surface area contributed by atoms with E-state index in [1.165, 1.54) is 6.07 Å². The summed E-state index contributed by atoms with van der Waals surface area (Å²) >= 11 is 15.5. The molecule has 0 saturated heterocycles. The first kappa shape index (κ1) is 14.8. The van der Waals surface area contributed by atoms with E-state index >= 15 is 0 Å². The molecule has 0 aliphatic rings. The van der Waals surface area contributed by atoms with Crippen molar-refractivity contribution >= 4 is 39.1 Å². The summed E-state index contributed by atoms with van der Waals surface area (Å²) in [7, 11) is 0. The molecule has 0 N–H and O–H groups in total. The first-order valence-corrected chi connectivity index (χ1v) is 7.57. The second kappa shape index (κ2) is 6.74. The smallest absolute Gasteiger partial charge is 0.137 e. The van der Waals surface area contributed by atoms with Crippen molar-refractivity contribution < 1.29 is 4.39 Å². The molecule has 0 spiro atoms. The van der Waals surface area contributed by atoms with Gasteiger partial charge in [0.25, 0.3) is 0 Å². The number of hydrogen-bond donors (Lipinski definition) is 0. The van der Waals surface area contributed by atoms with Gasteiger partial charge >= 0.3 is 0 Å². The molecule has 2 aromatic rings. The van der Waals surface area contributed by atoms with Gasteiger partial charge in [0.1, 0.15) is 5.82 Å². The Labute approximate surface area is 130 Å². The van der Waals surface area contributed by atoms with E-state index in [0.29, 0.717) is 21.8 Å². The van der Waals surface area contributed by atoms with Crippen LogP contribution in [0.1, 0.15) is 17.0 Å². The van der Waals surface area contributed by atoms with Crippen LogP contribution >= 0.6 is 39.1 Å². The Hall–Kier alpha value is -0.570. The van der Waals surface area contributed by atoms with Gasteiger partial charge in [-0.2, -0.15) is 0 Å². The molecule has 0 amide bonds. The monoisotopic (exact) mass is 360 g/mol. The van der Waals surface area contributed by atoms with Crippen LogP contribution in [0.2, 0.25) is 5.02 Å². The molecule has 0 nitrogen and oxygen atoms in total. The van der Waals surface area contributed by atoms with Crippen molar-refractivity contribution in [3.05, 3.63) is 68.9 Å². The lowest BCUT2D eigenvalue weighted by molar-refractivity contribution is 0.615. The summed E-state index contributed by atoms with van der Waals surface area (Å²) in [6, 6.07) is 12.6. The molecule has 0 heterocycles. The molecular weight excluding hydrogens is 350 g/mol. The molecule has 0 radical (unpaired) electrons. The van der Waals surface area contributed by atoms with Gasteiger partial charge in [-0.15, -0.1) is 11.6 Å². The Balaban J connectivity index is 2.30. The molecule has 0 aliphatic heterocycles. The Morgan fingerprint density at radius 2 is 1.84 bits per heavy atom. The van der Waals surface area contributed by atoms with Crippen LogP contribution < -0.4 is 0 Å². The number of alkyl halides is 1. The standard InChI is InChI=1S/C15H12BrCl2F/c16-15-10(4-3-7-14(15)19)8-11(9-17)12-5-1-2-6-13(12)18/h1-7,11H,8-9H2. The van der Waals surface area contributed by atoms with E-state index in [0.717, 1.165) is 11.1 Å². The van der Waals surface area contributed by atoms with Crippen LogP contribution in [0.5, 0.6) is 0 Å². The fourth-order valence-corrected chi connectivity index (χ4v) is 3.02. The predicted octanol–water partition coefficient (Wildman–Crippen LogP) is 5.81. The maximum atomic E-state index is 13.5. The largest absolute Gasteiger partial charge is 0.206 e. The quantitative estimate of drug-likeness (QED) is 0.603. The molecule has 2 aromatic carbocycles. The highest BCUT2D eigenvalue weighted by Gasteiger charge is 2.16. The zero-order valence-corrected chi connectivity index (χ0v) is 13.1. The molecule has 0 saturated carbocycles. The molecule has 1 atom stereocenters. The maximum Gasteiger partial charge on any atom is 0.137 e. The van der Waals surface area contributed by atoms with E-state index in [1.54, 1.807) is 6.07 Å². The number of halogens is 4. The van der Waals surface area contributed by atoms with Crippen LogP contribution in [0.15, 0.2) is 46.9 Å². The summed E-state index contributed by atoms with van der Waals surface area (Å²) in [5, 5.41) is 0.695. The van der Waals surface area contributed by atoms with E-state index in [4.69, 9.17) is 23.2 Å². The van der Waals surface area contributed by atoms with Crippen LogP contribution in [0, 0.1) is 5.82 Å². The third-order valence-electron chi connectivity index (χ3n) is 3.03. The summed E-state index contributed by atoms with van der Waals surface area (Å²) in [6.45, 7) is 0. The van der Waals surface area contributed by atoms with Crippen molar-refractivity contribution in [1.29, 1.82) is 0 Å². The van der Waals surface area contributed by atoms with E-state index < -0.39 is 0 Å². The van der Waals surface area contributed by atoms with Crippen LogP contribution in [0.25, 0.3) is 0 Å². The Bertz CT molecular complexity index is 572. The van der Waals surface area contributed by atoms with Crippen LogP contribution in [0.4, 0.5) is 4.39 Å². The fraction of sp³-hybridized carbons (Fsp3) is 0.200. The highest BCUT2D eigenvalue weighted by molar-refractivity contribution is 9.10. The molecule has 0 fully saturated rings. The predicted molar refractivity (Wildman–Crippen MR) is 82.7 cm³/mol. The Morgan fingerprint density at radius 3 is 2.53 bits per heavy atom. The van der Waals surface area contributed by atoms with E-state index in [9.17, 15) is 4.39 Å². The molecule has 1 unspecified atom stereocenters. The van der Waals surface area contributed by atoms with Crippen molar-refractivity contribution in [2.45, 2.75) is 12.3 Å². The van der Waals surface area contributed by atoms with E-state index in [1.807, 2.05) is 30.3 Å². The molecule has 0 bridgehead atoms. The SMILES string of the molecule is Fc1cccc(CC(CCl)c2ccccc2Cl)c1Br. The van der Waals surface area contributed by atoms with Crippen molar-refractivity contribution in [2.75, 3.05) is 5.88 Å². The van der Waals surface area contributed by atoms with Crippen LogP contribution in [0.3, 0.4) is 0 Å². The number of rotatable bonds is 4. The molecule has 0 aromatic heterocycles. The van der Waals surface area contributed by atoms with Gasteiger partial charge in [-0.05, 0) is 45.6 Å². The second-order valence-electron chi connectivity index (χ2n) is 4.29. The lowest BCUT2D eigenvalue weighted by Gasteiger charge is -2.17. The van der Waals surface area contributed by atoms with Crippen LogP contribution in [-0.2, 0) is 6.42 Å². The molecule has 4 heteroatoms. The topological polar surface area (TPSA) is 0 Å². The molecular formula is C15H12BrCl2F. The van der Waals surface area contributed by atoms with Gasteiger partial charge in [-0.25, -0.2) is 4.39 Å². The van der Waals surface area contributed by atoms with Gasteiger partial charge in [-0.1, -0.05) is 41.9 Å². The Kier molecular flexibility index (Phi) is 5.26. The third-order valence-corrected chi connectivity index (χ3v) is 4.63. The highest BCUT2D eigenvalue weighted by Crippen LogP contribution is 2.31. The first-order valence-electron chi connectivity index (χ1n) is 5.86. The van der Waals surface area contributed by atoms with Crippen LogP contribution in [-0.4, -0.2) is 5.88 Å². The lowest BCUT2D eigenvalue weighted by Crippen LogP contribution is -2.06. The summed E-state index contributed by atoms with van der Waals surface area (Å²) in [5.74, 6) is 0.241. The fourth-order valence-electron chi connectivity index (χ4n) is 2.03. The minimum atomic E-state index is -0.259. The third kappa shape index (κ3) is 3.50. The van der Waals surface area contributed by atoms with Gasteiger partial charge in [0, 0.05) is 16.8 Å². The van der Waals surface area contributed by atoms with Crippen molar-refractivity contribution in [3.63, 3.8) is 0 Å². The van der Waals surface area contributed by atoms with Crippen molar-refractivity contribution in [1.82, 2.24) is 0 Å². The van der Waals surface area contributed by atoms with Gasteiger partial charge in [-0.3, -0.25) is 0 Å². The molecule has 100 valence electrons. The normalized spacial score (nSPS) is 12.4. The van der Waals surface area contributed by atoms with Crippen molar-refractivity contribution in [2.24, 2.45) is 0 Å². The van der Waals surface area contributed by atoms with Gasteiger partial charge in [0.15, 0.2) is 0 Å². The van der Waals surface area contributed by atoms with Gasteiger partial charge < -0.3 is 0 Å². The summed E-state index contributed by atoms with van der Waals surface area (Å²) in [5.41, 5.74) is 1.89. The minimum absolute atomic E-state index is 0.0634. The number of benzene rings is 2. The average Bonchev–Trinajstić information content (AvgIpc) is 2.41. The van der Waals surface area contributed by atoms with E-state index in [-0.39, 0.29) is 11.7 Å². The zero-order chi connectivity index (χ0) is 13.8. The lowest BCUT2D eigenvalue weighted by atomic mass is 9.93. The van der Waals surface area contributed by atoms with Gasteiger partial charge in [0.05, 0.1) is 4.47 Å². The van der Waals surface area contributed by atoms with E-state index in [2.05, 4.69) is 15.9 Å². The second-order valence-corrected chi connectivity index (χ2v) is 5.80.